The molecule has 1 aliphatic carbocycles. The number of piperidine rings is 1. The lowest BCUT2D eigenvalue weighted by Gasteiger charge is -2.27. The summed E-state index contributed by atoms with van der Waals surface area (Å²) in [5.74, 6) is 0.457. The smallest absolute Gasteiger partial charge is 0.248 e. The van der Waals surface area contributed by atoms with Crippen LogP contribution in [0.1, 0.15) is 68.0 Å². The molecule has 12 heteroatoms. The van der Waals surface area contributed by atoms with E-state index in [0.717, 1.165) is 28.7 Å². The Balaban J connectivity index is 1.33. The molecule has 2 N–H and O–H groups in total. The number of Topliss-reactive ketones (excluding diaryl/α,β-unsaturated/α-hetero) is 1. The van der Waals surface area contributed by atoms with Crippen molar-refractivity contribution in [2.24, 2.45) is 5.41 Å². The number of fused-ring (bicyclic) bond motifs is 2. The minimum Gasteiger partial charge on any atom is -0.325 e. The van der Waals surface area contributed by atoms with Gasteiger partial charge in [0.15, 0.2) is 5.78 Å². The topological polar surface area (TPSA) is 135 Å². The molecule has 2 aliphatic rings. The van der Waals surface area contributed by atoms with Crippen LogP contribution >= 0.6 is 15.9 Å². The lowest BCUT2D eigenvalue weighted by Crippen LogP contribution is -2.47. The number of ketones is 1. The van der Waals surface area contributed by atoms with Gasteiger partial charge in [-0.05, 0) is 105 Å². The average molecular weight is 688 g/mol. The van der Waals surface area contributed by atoms with Crippen molar-refractivity contribution in [1.29, 1.82) is 0 Å². The highest BCUT2D eigenvalue weighted by molar-refractivity contribution is 9.10. The highest BCUT2D eigenvalue weighted by atomic mass is 79.9. The van der Waals surface area contributed by atoms with Crippen LogP contribution in [0, 0.1) is 26.2 Å². The maximum Gasteiger partial charge on any atom is 0.248 e. The first-order valence-electron chi connectivity index (χ1n) is 15.5. The molecular weight excluding hydrogens is 648 g/mol. The van der Waals surface area contributed by atoms with E-state index in [1.807, 2.05) is 45.0 Å². The molecule has 0 spiro atoms. The Kier molecular flexibility index (Phi) is 8.08. The van der Waals surface area contributed by atoms with E-state index in [0.29, 0.717) is 45.8 Å². The Morgan fingerprint density at radius 3 is 2.41 bits per heavy atom. The van der Waals surface area contributed by atoms with Gasteiger partial charge in [0.1, 0.15) is 34.5 Å². The molecule has 11 nitrogen and oxygen atoms in total. The number of aromatic nitrogens is 5. The second-order valence-electron chi connectivity index (χ2n) is 13.8. The summed E-state index contributed by atoms with van der Waals surface area (Å²) >= 11 is 3.39. The first-order chi connectivity index (χ1) is 21.7. The molecule has 46 heavy (non-hydrogen) atoms. The maximum atomic E-state index is 14.3. The third kappa shape index (κ3) is 6.07. The quantitative estimate of drug-likeness (QED) is 0.192. The van der Waals surface area contributed by atoms with Crippen LogP contribution in [0.5, 0.6) is 0 Å². The highest BCUT2D eigenvalue weighted by Crippen LogP contribution is 2.59. The van der Waals surface area contributed by atoms with E-state index < -0.39 is 6.04 Å². The summed E-state index contributed by atoms with van der Waals surface area (Å²) in [5.41, 5.74) is 4.08. The average Bonchev–Trinajstić information content (AvgIpc) is 3.39. The Labute approximate surface area is 276 Å². The first kappa shape index (κ1) is 31.9. The molecular formula is C34H39BrN8O3. The number of anilines is 1. The number of carbonyl (C=O) groups excluding carboxylic acids is 3. The van der Waals surface area contributed by atoms with E-state index in [4.69, 9.17) is 0 Å². The van der Waals surface area contributed by atoms with Crippen LogP contribution in [0.4, 0.5) is 5.82 Å². The van der Waals surface area contributed by atoms with Gasteiger partial charge in [-0.15, -0.1) is 0 Å². The Hall–Kier alpha value is -4.03. The zero-order valence-electron chi connectivity index (χ0n) is 27.2. The molecule has 1 aliphatic heterocycles. The second kappa shape index (κ2) is 11.6. The number of hydrogen-bond donors (Lipinski definition) is 2. The van der Waals surface area contributed by atoms with E-state index in [1.165, 1.54) is 6.92 Å². The van der Waals surface area contributed by atoms with E-state index >= 15 is 0 Å². The molecule has 240 valence electrons. The Morgan fingerprint density at radius 1 is 1.02 bits per heavy atom. The predicted molar refractivity (Wildman–Crippen MR) is 179 cm³/mol. The van der Waals surface area contributed by atoms with Crippen LogP contribution in [0.15, 0.2) is 41.3 Å². The summed E-state index contributed by atoms with van der Waals surface area (Å²) in [6.07, 6.45) is 4.87. The van der Waals surface area contributed by atoms with Gasteiger partial charge in [0.05, 0.1) is 5.52 Å². The van der Waals surface area contributed by atoms with E-state index in [-0.39, 0.29) is 41.1 Å². The molecule has 3 aromatic heterocycles. The predicted octanol–water partition coefficient (Wildman–Crippen LogP) is 5.17. The van der Waals surface area contributed by atoms with Gasteiger partial charge in [-0.3, -0.25) is 19.1 Å². The fourth-order valence-corrected chi connectivity index (χ4v) is 6.87. The minimum atomic E-state index is -0.670. The third-order valence-corrected chi connectivity index (χ3v) is 9.49. The van der Waals surface area contributed by atoms with Gasteiger partial charge in [-0.25, -0.2) is 15.0 Å². The molecule has 1 saturated heterocycles. The molecule has 4 heterocycles. The number of rotatable bonds is 8. The number of amides is 2. The van der Waals surface area contributed by atoms with Crippen LogP contribution in [0.2, 0.25) is 0 Å². The van der Waals surface area contributed by atoms with Crippen molar-refractivity contribution in [2.75, 3.05) is 11.9 Å². The molecule has 1 aromatic carbocycles. The highest BCUT2D eigenvalue weighted by Gasteiger charge is 2.67. The van der Waals surface area contributed by atoms with Crippen LogP contribution < -0.4 is 10.6 Å². The summed E-state index contributed by atoms with van der Waals surface area (Å²) in [5, 5.41) is 11.9. The molecule has 3 atom stereocenters. The van der Waals surface area contributed by atoms with Gasteiger partial charge >= 0.3 is 0 Å². The number of nitrogens with one attached hydrogen (secondary N) is 2. The third-order valence-electron chi connectivity index (χ3n) is 9.05. The van der Waals surface area contributed by atoms with E-state index in [2.05, 4.69) is 67.4 Å². The summed E-state index contributed by atoms with van der Waals surface area (Å²) < 4.78 is 2.23. The van der Waals surface area contributed by atoms with Gasteiger partial charge < -0.3 is 15.5 Å². The molecule has 2 amide bonds. The Bertz CT molecular complexity index is 1880. The summed E-state index contributed by atoms with van der Waals surface area (Å²) in [4.78, 5) is 55.7. The van der Waals surface area contributed by atoms with Crippen molar-refractivity contribution in [3.63, 3.8) is 0 Å². The SMILES string of the molecule is CC(=O)c1nn(CC(=O)N2[C@H](C(=O)Nc3nc(Br)ccc3C)C[C@@]3(CNC(C)(C)C)C[C@@H]23)c2c(C)cc(-c3cnc(C)nc3)cc12. The van der Waals surface area contributed by atoms with Crippen molar-refractivity contribution < 1.29 is 14.4 Å². The molecule has 0 unspecified atom stereocenters. The normalized spacial score (nSPS) is 20.6. The number of halogens is 1. The van der Waals surface area contributed by atoms with E-state index in [1.54, 1.807) is 22.0 Å². The number of likely N-dealkylation sites (tertiary alicyclic amines) is 1. The number of aryl methyl sites for hydroxylation is 3. The monoisotopic (exact) mass is 686 g/mol. The minimum absolute atomic E-state index is 0.0782. The first-order valence-corrected chi connectivity index (χ1v) is 16.3. The number of benzene rings is 1. The fourth-order valence-electron chi connectivity index (χ4n) is 6.56. The van der Waals surface area contributed by atoms with Crippen molar-refractivity contribution in [1.82, 2.24) is 34.9 Å². The molecule has 2 fully saturated rings. The molecule has 0 bridgehead atoms. The standard InChI is InChI=1S/C34H39BrN8O3/c1-18-8-9-27(35)39-31(18)40-32(46)25-12-34(17-38-33(5,6)7)13-26(34)43(25)28(45)16-42-30-19(2)10-22(23-14-36-21(4)37-15-23)11-24(30)29(41-42)20(3)44/h8-11,14-15,25-26,38H,12-13,16-17H2,1-7H3,(H,39,40,46)/t25-,26+,34-/m0/s1. The van der Waals surface area contributed by atoms with Gasteiger partial charge in [0.25, 0.3) is 0 Å². The summed E-state index contributed by atoms with van der Waals surface area (Å²) in [6, 6.07) is 6.85. The van der Waals surface area contributed by atoms with Gasteiger partial charge in [-0.2, -0.15) is 5.10 Å². The number of hydrogen-bond acceptors (Lipinski definition) is 8. The molecule has 6 rings (SSSR count). The van der Waals surface area contributed by atoms with Gasteiger partial charge in [0.2, 0.25) is 11.8 Å². The van der Waals surface area contributed by atoms with Crippen molar-refractivity contribution in [3.8, 4) is 11.1 Å². The van der Waals surface area contributed by atoms with Crippen molar-refractivity contribution >= 4 is 50.2 Å². The number of nitrogens with zero attached hydrogens (tertiary/aromatic N) is 6. The summed E-state index contributed by atoms with van der Waals surface area (Å²) in [7, 11) is 0. The maximum absolute atomic E-state index is 14.3. The largest absolute Gasteiger partial charge is 0.325 e. The zero-order chi connectivity index (χ0) is 33.1. The lowest BCUT2D eigenvalue weighted by atomic mass is 9.97. The number of carbonyl (C=O) groups is 3. The van der Waals surface area contributed by atoms with Crippen molar-refractivity contribution in [2.45, 2.75) is 85.5 Å². The van der Waals surface area contributed by atoms with Gasteiger partial charge in [-0.1, -0.05) is 6.07 Å². The van der Waals surface area contributed by atoms with Crippen LogP contribution in [0.3, 0.4) is 0 Å². The lowest BCUT2D eigenvalue weighted by molar-refractivity contribution is -0.138. The molecule has 0 radical (unpaired) electrons. The fraction of sp³-hybridized carbons (Fsp3) is 0.441. The van der Waals surface area contributed by atoms with Crippen molar-refractivity contribution in [3.05, 3.63) is 63.9 Å². The van der Waals surface area contributed by atoms with Crippen LogP contribution in [-0.4, -0.2) is 71.4 Å². The molecule has 4 aromatic rings. The van der Waals surface area contributed by atoms with Crippen LogP contribution in [-0.2, 0) is 16.1 Å². The second-order valence-corrected chi connectivity index (χ2v) is 14.6. The zero-order valence-corrected chi connectivity index (χ0v) is 28.8. The molecule has 1 saturated carbocycles. The summed E-state index contributed by atoms with van der Waals surface area (Å²) in [6.45, 7) is 14.1. The van der Waals surface area contributed by atoms with E-state index in [9.17, 15) is 14.4 Å². The van der Waals surface area contributed by atoms with Crippen LogP contribution in [0.25, 0.3) is 22.0 Å². The number of pyridine rings is 1. The Morgan fingerprint density at radius 2 is 1.74 bits per heavy atom. The van der Waals surface area contributed by atoms with Gasteiger partial charge in [0, 0.05) is 53.8 Å².